The van der Waals surface area contributed by atoms with E-state index in [1.54, 1.807) is 17.6 Å². The van der Waals surface area contributed by atoms with E-state index in [9.17, 15) is 18.0 Å². The third-order valence-electron chi connectivity index (χ3n) is 3.02. The molecule has 0 amide bonds. The molecule has 0 bridgehead atoms. The van der Waals surface area contributed by atoms with E-state index in [4.69, 9.17) is 5.11 Å². The maximum Gasteiger partial charge on any atom is 0.416 e. The molecule has 0 saturated heterocycles. The van der Waals surface area contributed by atoms with Crippen LogP contribution in [-0.2, 0) is 12.7 Å². The quantitative estimate of drug-likeness (QED) is 0.928. The summed E-state index contributed by atoms with van der Waals surface area (Å²) in [6.45, 7) is 2.20. The number of aromatic nitrogens is 1. The zero-order valence-corrected chi connectivity index (χ0v) is 10.6. The minimum absolute atomic E-state index is 0.113. The summed E-state index contributed by atoms with van der Waals surface area (Å²) >= 11 is 0. The molecule has 1 aromatic heterocycles. The molecule has 0 fully saturated rings. The van der Waals surface area contributed by atoms with Gasteiger partial charge in [-0.25, -0.2) is 4.79 Å². The van der Waals surface area contributed by atoms with Gasteiger partial charge >= 0.3 is 12.1 Å². The van der Waals surface area contributed by atoms with Gasteiger partial charge in [-0.2, -0.15) is 13.2 Å². The van der Waals surface area contributed by atoms with Crippen LogP contribution in [-0.4, -0.2) is 15.6 Å². The van der Waals surface area contributed by atoms with Gasteiger partial charge in [0.25, 0.3) is 0 Å². The lowest BCUT2D eigenvalue weighted by atomic mass is 10.1. The van der Waals surface area contributed by atoms with Crippen molar-refractivity contribution in [3.8, 4) is 11.3 Å². The van der Waals surface area contributed by atoms with E-state index in [0.717, 1.165) is 12.1 Å². The number of alkyl halides is 3. The summed E-state index contributed by atoms with van der Waals surface area (Å²) in [6, 6.07) is 7.70. The summed E-state index contributed by atoms with van der Waals surface area (Å²) < 4.78 is 39.0. The number of carboxylic acid groups (broad SMARTS) is 1. The number of carboxylic acids is 1. The summed E-state index contributed by atoms with van der Waals surface area (Å²) in [5.74, 6) is -1.06. The fourth-order valence-corrected chi connectivity index (χ4v) is 2.08. The van der Waals surface area contributed by atoms with E-state index in [-0.39, 0.29) is 5.69 Å². The van der Waals surface area contributed by atoms with Gasteiger partial charge in [0, 0.05) is 12.2 Å². The molecule has 0 aliphatic heterocycles. The topological polar surface area (TPSA) is 42.2 Å². The van der Waals surface area contributed by atoms with Crippen LogP contribution in [0.3, 0.4) is 0 Å². The number of nitrogens with zero attached hydrogens (tertiary/aromatic N) is 1. The fourth-order valence-electron chi connectivity index (χ4n) is 2.08. The van der Waals surface area contributed by atoms with Crippen molar-refractivity contribution in [3.05, 3.63) is 47.7 Å². The van der Waals surface area contributed by atoms with E-state index >= 15 is 0 Å². The van der Waals surface area contributed by atoms with E-state index < -0.39 is 17.7 Å². The first-order chi connectivity index (χ1) is 9.34. The normalized spacial score (nSPS) is 11.6. The van der Waals surface area contributed by atoms with Crippen molar-refractivity contribution in [2.24, 2.45) is 0 Å². The Bertz CT molecular complexity index is 627. The van der Waals surface area contributed by atoms with Gasteiger partial charge in [-0.15, -0.1) is 0 Å². The Kier molecular flexibility index (Phi) is 3.57. The first-order valence-electron chi connectivity index (χ1n) is 5.95. The molecule has 2 rings (SSSR count). The Morgan fingerprint density at radius 2 is 1.75 bits per heavy atom. The van der Waals surface area contributed by atoms with Crippen molar-refractivity contribution in [1.29, 1.82) is 0 Å². The molecule has 0 aliphatic carbocycles. The van der Waals surface area contributed by atoms with Crippen LogP contribution in [0.15, 0.2) is 36.4 Å². The van der Waals surface area contributed by atoms with Crippen LogP contribution in [0.25, 0.3) is 11.3 Å². The number of rotatable bonds is 3. The van der Waals surface area contributed by atoms with Crippen LogP contribution in [0.2, 0.25) is 0 Å². The second-order valence-electron chi connectivity index (χ2n) is 4.23. The lowest BCUT2D eigenvalue weighted by Crippen LogP contribution is -2.08. The highest BCUT2D eigenvalue weighted by Gasteiger charge is 2.30. The zero-order chi connectivity index (χ0) is 14.9. The molecule has 1 aromatic carbocycles. The molecule has 1 heterocycles. The van der Waals surface area contributed by atoms with Crippen molar-refractivity contribution >= 4 is 5.97 Å². The highest BCUT2D eigenvalue weighted by molar-refractivity contribution is 5.87. The van der Waals surface area contributed by atoms with Crippen LogP contribution in [0.4, 0.5) is 13.2 Å². The summed E-state index contributed by atoms with van der Waals surface area (Å²) in [5, 5.41) is 9.04. The molecule has 2 aromatic rings. The second kappa shape index (κ2) is 5.03. The molecule has 1 N–H and O–H groups in total. The standard InChI is InChI=1S/C14H12F3NO2/c1-2-18-11(7-8-12(18)13(19)20)9-3-5-10(6-4-9)14(15,16)17/h3-8H,2H2,1H3,(H,19,20). The Morgan fingerprint density at radius 1 is 1.15 bits per heavy atom. The zero-order valence-electron chi connectivity index (χ0n) is 10.6. The number of benzene rings is 1. The van der Waals surface area contributed by atoms with Crippen LogP contribution < -0.4 is 0 Å². The molecule has 106 valence electrons. The maximum absolute atomic E-state index is 12.5. The van der Waals surface area contributed by atoms with Crippen molar-refractivity contribution in [2.45, 2.75) is 19.6 Å². The lowest BCUT2D eigenvalue weighted by Gasteiger charge is -2.11. The van der Waals surface area contributed by atoms with Crippen LogP contribution in [0.1, 0.15) is 23.0 Å². The molecular weight excluding hydrogens is 271 g/mol. The number of carbonyl (C=O) groups is 1. The van der Waals surface area contributed by atoms with Crippen molar-refractivity contribution in [3.63, 3.8) is 0 Å². The Balaban J connectivity index is 2.45. The minimum atomic E-state index is -4.38. The average molecular weight is 283 g/mol. The molecular formula is C14H12F3NO2. The molecule has 0 spiro atoms. The van der Waals surface area contributed by atoms with Gasteiger partial charge in [0.1, 0.15) is 5.69 Å². The monoisotopic (exact) mass is 283 g/mol. The Morgan fingerprint density at radius 3 is 2.20 bits per heavy atom. The van der Waals surface area contributed by atoms with Crippen LogP contribution in [0.5, 0.6) is 0 Å². The average Bonchev–Trinajstić information content (AvgIpc) is 2.81. The second-order valence-corrected chi connectivity index (χ2v) is 4.23. The molecule has 20 heavy (non-hydrogen) atoms. The molecule has 0 atom stereocenters. The third-order valence-corrected chi connectivity index (χ3v) is 3.02. The first kappa shape index (κ1) is 14.2. The molecule has 0 radical (unpaired) electrons. The molecule has 3 nitrogen and oxygen atoms in total. The summed E-state index contributed by atoms with van der Waals surface area (Å²) in [6.07, 6.45) is -4.38. The predicted octanol–water partition coefficient (Wildman–Crippen LogP) is 3.89. The maximum atomic E-state index is 12.5. The molecule has 0 aliphatic rings. The smallest absolute Gasteiger partial charge is 0.416 e. The summed E-state index contributed by atoms with van der Waals surface area (Å²) in [4.78, 5) is 11.0. The van der Waals surface area contributed by atoms with Crippen molar-refractivity contribution in [2.75, 3.05) is 0 Å². The Hall–Kier alpha value is -2.24. The van der Waals surface area contributed by atoms with Gasteiger partial charge < -0.3 is 9.67 Å². The first-order valence-corrected chi connectivity index (χ1v) is 5.95. The Labute approximate surface area is 113 Å². The van der Waals surface area contributed by atoms with Gasteiger partial charge in [0.15, 0.2) is 0 Å². The van der Waals surface area contributed by atoms with E-state index in [2.05, 4.69) is 0 Å². The lowest BCUT2D eigenvalue weighted by molar-refractivity contribution is -0.137. The van der Waals surface area contributed by atoms with Crippen LogP contribution >= 0.6 is 0 Å². The fraction of sp³-hybridized carbons (Fsp3) is 0.214. The van der Waals surface area contributed by atoms with E-state index in [1.807, 2.05) is 0 Å². The molecule has 0 unspecified atom stereocenters. The van der Waals surface area contributed by atoms with Crippen molar-refractivity contribution in [1.82, 2.24) is 4.57 Å². The number of hydrogen-bond donors (Lipinski definition) is 1. The highest BCUT2D eigenvalue weighted by Crippen LogP contribution is 2.31. The summed E-state index contributed by atoms with van der Waals surface area (Å²) in [7, 11) is 0. The summed E-state index contributed by atoms with van der Waals surface area (Å²) in [5.41, 5.74) is 0.516. The number of halogens is 3. The van der Waals surface area contributed by atoms with E-state index in [0.29, 0.717) is 17.8 Å². The molecule has 6 heteroatoms. The minimum Gasteiger partial charge on any atom is -0.477 e. The number of aromatic carboxylic acids is 1. The van der Waals surface area contributed by atoms with Crippen LogP contribution in [0, 0.1) is 0 Å². The highest BCUT2D eigenvalue weighted by atomic mass is 19.4. The van der Waals surface area contributed by atoms with Gasteiger partial charge in [0.05, 0.1) is 5.56 Å². The van der Waals surface area contributed by atoms with Gasteiger partial charge in [-0.05, 0) is 36.8 Å². The predicted molar refractivity (Wildman–Crippen MR) is 67.5 cm³/mol. The van der Waals surface area contributed by atoms with Gasteiger partial charge in [-0.1, -0.05) is 12.1 Å². The SMILES string of the molecule is CCn1c(C(=O)O)ccc1-c1ccc(C(F)(F)F)cc1. The number of hydrogen-bond acceptors (Lipinski definition) is 1. The van der Waals surface area contributed by atoms with Crippen molar-refractivity contribution < 1.29 is 23.1 Å². The van der Waals surface area contributed by atoms with E-state index in [1.165, 1.54) is 18.2 Å². The van der Waals surface area contributed by atoms with Gasteiger partial charge in [-0.3, -0.25) is 0 Å². The van der Waals surface area contributed by atoms with Gasteiger partial charge in [0.2, 0.25) is 0 Å². The molecule has 0 saturated carbocycles. The largest absolute Gasteiger partial charge is 0.477 e. The third kappa shape index (κ3) is 2.54.